The summed E-state index contributed by atoms with van der Waals surface area (Å²) in [6.07, 6.45) is 0.957. The number of nitrogens with zero attached hydrogens (tertiary/aromatic N) is 2. The summed E-state index contributed by atoms with van der Waals surface area (Å²) in [5.74, 6) is -1.49. The molecule has 31 heavy (non-hydrogen) atoms. The normalized spacial score (nSPS) is 12.2. The first-order chi connectivity index (χ1) is 14.5. The lowest BCUT2D eigenvalue weighted by Crippen LogP contribution is -2.51. The molecule has 0 radical (unpaired) electrons. The summed E-state index contributed by atoms with van der Waals surface area (Å²) < 4.78 is 38.9. The molecule has 0 fully saturated rings. The maximum atomic E-state index is 13.3. The van der Waals surface area contributed by atoms with Crippen molar-refractivity contribution >= 4 is 39.1 Å². The maximum absolute atomic E-state index is 13.3. The Morgan fingerprint density at radius 1 is 1.16 bits per heavy atom. The van der Waals surface area contributed by atoms with Crippen LogP contribution < -0.4 is 9.62 Å². The van der Waals surface area contributed by atoms with Crippen LogP contribution in [0, 0.1) is 5.82 Å². The highest BCUT2D eigenvalue weighted by Gasteiger charge is 2.29. The molecule has 2 amide bonds. The minimum Gasteiger partial charge on any atom is -0.355 e. The zero-order valence-electron chi connectivity index (χ0n) is 17.5. The summed E-state index contributed by atoms with van der Waals surface area (Å²) in [6, 6.07) is 10.7. The van der Waals surface area contributed by atoms with Crippen LogP contribution in [-0.4, -0.2) is 50.5 Å². The number of halogens is 2. The van der Waals surface area contributed by atoms with Crippen molar-refractivity contribution in [2.45, 2.75) is 26.4 Å². The molecule has 1 atom stereocenters. The summed E-state index contributed by atoms with van der Waals surface area (Å²) >= 11 is 6.04. The predicted molar refractivity (Wildman–Crippen MR) is 119 cm³/mol. The van der Waals surface area contributed by atoms with E-state index in [1.165, 1.54) is 17.0 Å². The highest BCUT2D eigenvalue weighted by atomic mass is 35.5. The molecule has 168 valence electrons. The third-order valence-corrected chi connectivity index (χ3v) is 5.93. The Hall–Kier alpha value is -2.65. The summed E-state index contributed by atoms with van der Waals surface area (Å²) in [6.45, 7) is 3.21. The summed E-state index contributed by atoms with van der Waals surface area (Å²) in [4.78, 5) is 26.9. The number of hydrogen-bond donors (Lipinski definition) is 1. The molecule has 7 nitrogen and oxygen atoms in total. The van der Waals surface area contributed by atoms with Crippen molar-refractivity contribution < 1.29 is 22.4 Å². The number of carbonyl (C=O) groups excluding carboxylic acids is 2. The Kier molecular flexibility index (Phi) is 8.41. The molecule has 2 aromatic rings. The fourth-order valence-electron chi connectivity index (χ4n) is 2.96. The van der Waals surface area contributed by atoms with Gasteiger partial charge >= 0.3 is 0 Å². The Morgan fingerprint density at radius 2 is 1.81 bits per heavy atom. The third kappa shape index (κ3) is 6.93. The van der Waals surface area contributed by atoms with Crippen LogP contribution in [0.5, 0.6) is 0 Å². The topological polar surface area (TPSA) is 86.8 Å². The van der Waals surface area contributed by atoms with Gasteiger partial charge in [-0.15, -0.1) is 0 Å². The molecule has 0 aliphatic carbocycles. The van der Waals surface area contributed by atoms with Crippen molar-refractivity contribution in [3.63, 3.8) is 0 Å². The number of nitrogens with one attached hydrogen (secondary N) is 1. The van der Waals surface area contributed by atoms with E-state index < -0.39 is 34.3 Å². The lowest BCUT2D eigenvalue weighted by atomic mass is 10.1. The second kappa shape index (κ2) is 10.6. The molecule has 1 unspecified atom stereocenters. The molecule has 0 saturated heterocycles. The Bertz CT molecular complexity index is 1030. The summed E-state index contributed by atoms with van der Waals surface area (Å²) in [7, 11) is -3.85. The Balaban J connectivity index is 2.37. The molecule has 0 spiro atoms. The number of rotatable bonds is 9. The summed E-state index contributed by atoms with van der Waals surface area (Å²) in [5.41, 5.74) is 0.829. The van der Waals surface area contributed by atoms with Crippen molar-refractivity contribution in [2.75, 3.05) is 23.7 Å². The van der Waals surface area contributed by atoms with Crippen LogP contribution in [0.1, 0.15) is 19.4 Å². The molecule has 0 aliphatic rings. The largest absolute Gasteiger partial charge is 0.355 e. The van der Waals surface area contributed by atoms with Crippen molar-refractivity contribution in [3.05, 3.63) is 64.9 Å². The van der Waals surface area contributed by atoms with Crippen LogP contribution >= 0.6 is 11.6 Å². The Labute approximate surface area is 186 Å². The van der Waals surface area contributed by atoms with Crippen molar-refractivity contribution in [2.24, 2.45) is 0 Å². The minimum atomic E-state index is -3.85. The first kappa shape index (κ1) is 24.6. The van der Waals surface area contributed by atoms with Gasteiger partial charge in [0.25, 0.3) is 0 Å². The molecular weight excluding hydrogens is 445 g/mol. The highest BCUT2D eigenvalue weighted by molar-refractivity contribution is 7.92. The van der Waals surface area contributed by atoms with Crippen LogP contribution in [0.4, 0.5) is 10.1 Å². The van der Waals surface area contributed by atoms with Gasteiger partial charge in [0.05, 0.1) is 11.9 Å². The molecule has 2 rings (SSSR count). The second-order valence-corrected chi connectivity index (χ2v) is 9.31. The lowest BCUT2D eigenvalue weighted by Gasteiger charge is -2.31. The van der Waals surface area contributed by atoms with E-state index in [2.05, 4.69) is 5.32 Å². The van der Waals surface area contributed by atoms with Gasteiger partial charge in [-0.25, -0.2) is 12.8 Å². The van der Waals surface area contributed by atoms with Gasteiger partial charge in [-0.2, -0.15) is 0 Å². The third-order valence-electron chi connectivity index (χ3n) is 4.55. The van der Waals surface area contributed by atoms with Gasteiger partial charge in [0.1, 0.15) is 18.4 Å². The fourth-order valence-corrected chi connectivity index (χ4v) is 4.02. The van der Waals surface area contributed by atoms with E-state index in [-0.39, 0.29) is 18.1 Å². The molecule has 0 aromatic heterocycles. The molecule has 0 bridgehead atoms. The van der Waals surface area contributed by atoms with Crippen LogP contribution in [-0.2, 0) is 26.2 Å². The van der Waals surface area contributed by atoms with Gasteiger partial charge in [-0.3, -0.25) is 13.9 Å². The number of benzene rings is 2. The van der Waals surface area contributed by atoms with E-state index in [0.29, 0.717) is 17.1 Å². The smallest absolute Gasteiger partial charge is 0.244 e. The zero-order chi connectivity index (χ0) is 23.2. The molecule has 0 aliphatic heterocycles. The Morgan fingerprint density at radius 3 is 2.35 bits per heavy atom. The van der Waals surface area contributed by atoms with E-state index in [1.807, 2.05) is 0 Å². The lowest BCUT2D eigenvalue weighted by molar-refractivity contribution is -0.139. The van der Waals surface area contributed by atoms with Crippen LogP contribution in [0.15, 0.2) is 48.5 Å². The van der Waals surface area contributed by atoms with Gasteiger partial charge in [-0.05, 0) is 55.8 Å². The summed E-state index contributed by atoms with van der Waals surface area (Å²) in [5, 5.41) is 3.14. The molecule has 10 heteroatoms. The number of hydrogen-bond acceptors (Lipinski definition) is 4. The quantitative estimate of drug-likeness (QED) is 0.611. The van der Waals surface area contributed by atoms with E-state index in [0.717, 1.165) is 22.7 Å². The zero-order valence-corrected chi connectivity index (χ0v) is 19.1. The molecule has 2 aromatic carbocycles. The van der Waals surface area contributed by atoms with Gasteiger partial charge in [-0.1, -0.05) is 23.7 Å². The maximum Gasteiger partial charge on any atom is 0.244 e. The van der Waals surface area contributed by atoms with Crippen molar-refractivity contribution in [1.82, 2.24) is 10.2 Å². The van der Waals surface area contributed by atoms with Crippen LogP contribution in [0.2, 0.25) is 5.02 Å². The number of anilines is 1. The molecule has 1 N–H and O–H groups in total. The van der Waals surface area contributed by atoms with Crippen LogP contribution in [0.3, 0.4) is 0 Å². The first-order valence-corrected chi connectivity index (χ1v) is 11.8. The number of carbonyl (C=O) groups is 2. The monoisotopic (exact) mass is 469 g/mol. The standard InChI is InChI=1S/C21H25ClFN3O4S/c1-4-24-21(28)15(2)25(13-16-6-5-7-17(22)12-16)20(27)14-26(31(3,29)30)19-10-8-18(23)9-11-19/h5-12,15H,4,13-14H2,1-3H3,(H,24,28). The number of likely N-dealkylation sites (N-methyl/N-ethyl adjacent to an activating group) is 1. The number of sulfonamides is 1. The van der Waals surface area contributed by atoms with Gasteiger partial charge in [0.15, 0.2) is 0 Å². The molecular formula is C21H25ClFN3O4S. The van der Waals surface area contributed by atoms with E-state index in [4.69, 9.17) is 11.6 Å². The molecule has 0 saturated carbocycles. The van der Waals surface area contributed by atoms with Gasteiger partial charge < -0.3 is 10.2 Å². The van der Waals surface area contributed by atoms with Gasteiger partial charge in [0, 0.05) is 18.1 Å². The fraction of sp³-hybridized carbons (Fsp3) is 0.333. The van der Waals surface area contributed by atoms with Gasteiger partial charge in [0.2, 0.25) is 21.8 Å². The predicted octanol–water partition coefficient (Wildman–Crippen LogP) is 2.80. The van der Waals surface area contributed by atoms with E-state index in [9.17, 15) is 22.4 Å². The first-order valence-electron chi connectivity index (χ1n) is 9.57. The minimum absolute atomic E-state index is 0.0543. The SMILES string of the molecule is CCNC(=O)C(C)N(Cc1cccc(Cl)c1)C(=O)CN(c1ccc(F)cc1)S(C)(=O)=O. The number of amides is 2. The average Bonchev–Trinajstić information content (AvgIpc) is 2.70. The second-order valence-electron chi connectivity index (χ2n) is 6.97. The molecule has 0 heterocycles. The highest BCUT2D eigenvalue weighted by Crippen LogP contribution is 2.20. The van der Waals surface area contributed by atoms with Crippen molar-refractivity contribution in [3.8, 4) is 0 Å². The van der Waals surface area contributed by atoms with Crippen molar-refractivity contribution in [1.29, 1.82) is 0 Å². The van der Waals surface area contributed by atoms with Crippen LogP contribution in [0.25, 0.3) is 0 Å². The average molecular weight is 470 g/mol. The van der Waals surface area contributed by atoms with E-state index in [1.54, 1.807) is 38.1 Å². The van der Waals surface area contributed by atoms with E-state index >= 15 is 0 Å².